The SMILES string of the molecule is NC(=O)c1cc(Br)ccc1Nc1ccc(C(=O)O)cc1F. The maximum Gasteiger partial charge on any atom is 0.335 e. The maximum atomic E-state index is 13.9. The summed E-state index contributed by atoms with van der Waals surface area (Å²) in [4.78, 5) is 22.1. The van der Waals surface area contributed by atoms with Crippen molar-refractivity contribution in [2.75, 3.05) is 5.32 Å². The first-order valence-corrected chi connectivity index (χ1v) is 6.57. The Balaban J connectivity index is 2.39. The fraction of sp³-hybridized carbons (Fsp3) is 0. The summed E-state index contributed by atoms with van der Waals surface area (Å²) in [6.45, 7) is 0. The lowest BCUT2D eigenvalue weighted by atomic mass is 10.1. The van der Waals surface area contributed by atoms with E-state index in [0.717, 1.165) is 6.07 Å². The van der Waals surface area contributed by atoms with Gasteiger partial charge in [-0.25, -0.2) is 9.18 Å². The van der Waals surface area contributed by atoms with E-state index in [9.17, 15) is 14.0 Å². The van der Waals surface area contributed by atoms with E-state index in [0.29, 0.717) is 10.2 Å². The summed E-state index contributed by atoms with van der Waals surface area (Å²) < 4.78 is 14.5. The Morgan fingerprint density at radius 1 is 1.14 bits per heavy atom. The van der Waals surface area contributed by atoms with Gasteiger partial charge in [0, 0.05) is 4.47 Å². The molecule has 0 bridgehead atoms. The second kappa shape index (κ2) is 5.92. The average Bonchev–Trinajstić information content (AvgIpc) is 2.42. The van der Waals surface area contributed by atoms with Gasteiger partial charge < -0.3 is 16.2 Å². The largest absolute Gasteiger partial charge is 0.478 e. The van der Waals surface area contributed by atoms with E-state index < -0.39 is 17.7 Å². The zero-order chi connectivity index (χ0) is 15.6. The third kappa shape index (κ3) is 3.38. The van der Waals surface area contributed by atoms with Gasteiger partial charge in [-0.1, -0.05) is 15.9 Å². The van der Waals surface area contributed by atoms with E-state index in [2.05, 4.69) is 21.2 Å². The number of aromatic carboxylic acids is 1. The summed E-state index contributed by atoms with van der Waals surface area (Å²) in [5.41, 5.74) is 5.66. The van der Waals surface area contributed by atoms with Gasteiger partial charge in [0.25, 0.3) is 5.91 Å². The molecular formula is C14H10BrFN2O3. The minimum Gasteiger partial charge on any atom is -0.478 e. The van der Waals surface area contributed by atoms with Crippen LogP contribution in [0.2, 0.25) is 0 Å². The van der Waals surface area contributed by atoms with Crippen molar-refractivity contribution in [1.82, 2.24) is 0 Å². The highest BCUT2D eigenvalue weighted by molar-refractivity contribution is 9.10. The van der Waals surface area contributed by atoms with E-state index in [1.54, 1.807) is 12.1 Å². The average molecular weight is 353 g/mol. The van der Waals surface area contributed by atoms with Crippen molar-refractivity contribution in [2.45, 2.75) is 0 Å². The summed E-state index contributed by atoms with van der Waals surface area (Å²) in [5, 5.41) is 11.5. The van der Waals surface area contributed by atoms with Crippen LogP contribution in [-0.2, 0) is 0 Å². The van der Waals surface area contributed by atoms with Crippen molar-refractivity contribution in [2.24, 2.45) is 5.73 Å². The summed E-state index contributed by atoms with van der Waals surface area (Å²) in [7, 11) is 0. The zero-order valence-corrected chi connectivity index (χ0v) is 12.1. The maximum absolute atomic E-state index is 13.9. The summed E-state index contributed by atoms with van der Waals surface area (Å²) >= 11 is 3.22. The lowest BCUT2D eigenvalue weighted by molar-refractivity contribution is 0.0696. The molecule has 4 N–H and O–H groups in total. The number of carbonyl (C=O) groups excluding carboxylic acids is 1. The molecule has 2 rings (SSSR count). The van der Waals surface area contributed by atoms with Crippen LogP contribution in [0.15, 0.2) is 40.9 Å². The van der Waals surface area contributed by atoms with E-state index >= 15 is 0 Å². The number of carboxylic acid groups (broad SMARTS) is 1. The molecule has 0 aliphatic carbocycles. The number of anilines is 2. The molecule has 0 saturated heterocycles. The molecule has 0 radical (unpaired) electrons. The second-order valence-electron chi connectivity index (χ2n) is 4.18. The smallest absolute Gasteiger partial charge is 0.335 e. The fourth-order valence-corrected chi connectivity index (χ4v) is 2.09. The molecule has 0 aliphatic rings. The molecule has 2 aromatic rings. The highest BCUT2D eigenvalue weighted by atomic mass is 79.9. The van der Waals surface area contributed by atoms with Gasteiger partial charge in [0.2, 0.25) is 0 Å². The lowest BCUT2D eigenvalue weighted by Crippen LogP contribution is -2.13. The Morgan fingerprint density at radius 3 is 2.38 bits per heavy atom. The van der Waals surface area contributed by atoms with Gasteiger partial charge in [0.05, 0.1) is 22.5 Å². The van der Waals surface area contributed by atoms with Gasteiger partial charge in [0.1, 0.15) is 5.82 Å². The van der Waals surface area contributed by atoms with Crippen LogP contribution < -0.4 is 11.1 Å². The van der Waals surface area contributed by atoms with Gasteiger partial charge >= 0.3 is 5.97 Å². The number of carbonyl (C=O) groups is 2. The van der Waals surface area contributed by atoms with Crippen LogP contribution in [0.1, 0.15) is 20.7 Å². The Hall–Kier alpha value is -2.41. The summed E-state index contributed by atoms with van der Waals surface area (Å²) in [6.07, 6.45) is 0. The Morgan fingerprint density at radius 2 is 1.81 bits per heavy atom. The van der Waals surface area contributed by atoms with Gasteiger partial charge in [0.15, 0.2) is 0 Å². The topological polar surface area (TPSA) is 92.4 Å². The molecular weight excluding hydrogens is 343 g/mol. The van der Waals surface area contributed by atoms with Crippen molar-refractivity contribution in [3.8, 4) is 0 Å². The quantitative estimate of drug-likeness (QED) is 0.787. The zero-order valence-electron chi connectivity index (χ0n) is 10.6. The Kier molecular flexibility index (Phi) is 4.23. The number of rotatable bonds is 4. The van der Waals surface area contributed by atoms with E-state index in [1.807, 2.05) is 0 Å². The van der Waals surface area contributed by atoms with Crippen molar-refractivity contribution in [1.29, 1.82) is 0 Å². The molecule has 0 saturated carbocycles. The molecule has 7 heteroatoms. The van der Waals surface area contributed by atoms with Gasteiger partial charge in [-0.2, -0.15) is 0 Å². The molecule has 0 unspecified atom stereocenters. The molecule has 0 fully saturated rings. The van der Waals surface area contributed by atoms with Crippen LogP contribution in [0.25, 0.3) is 0 Å². The highest BCUT2D eigenvalue weighted by Crippen LogP contribution is 2.26. The van der Waals surface area contributed by atoms with Gasteiger partial charge in [-0.3, -0.25) is 4.79 Å². The van der Waals surface area contributed by atoms with Gasteiger partial charge in [-0.15, -0.1) is 0 Å². The minimum absolute atomic E-state index is 0.0461. The predicted octanol–water partition coefficient (Wildman–Crippen LogP) is 3.13. The third-order valence-electron chi connectivity index (χ3n) is 2.73. The number of benzene rings is 2. The molecule has 0 aromatic heterocycles. The highest BCUT2D eigenvalue weighted by Gasteiger charge is 2.12. The molecule has 0 atom stereocenters. The number of amides is 1. The first kappa shape index (κ1) is 15.0. The standard InChI is InChI=1S/C14H10BrFN2O3/c15-8-2-4-11(9(6-8)13(17)19)18-12-3-1-7(14(20)21)5-10(12)16/h1-6,18H,(H2,17,19)(H,20,21). The van der Waals surface area contributed by atoms with Crippen molar-refractivity contribution < 1.29 is 19.1 Å². The third-order valence-corrected chi connectivity index (χ3v) is 3.23. The fourth-order valence-electron chi connectivity index (χ4n) is 1.72. The Labute approximate surface area is 127 Å². The lowest BCUT2D eigenvalue weighted by Gasteiger charge is -2.11. The molecule has 1 amide bonds. The second-order valence-corrected chi connectivity index (χ2v) is 5.09. The van der Waals surface area contributed by atoms with Crippen molar-refractivity contribution >= 4 is 39.2 Å². The number of halogens is 2. The number of hydrogen-bond donors (Lipinski definition) is 3. The van der Waals surface area contributed by atoms with Gasteiger partial charge in [-0.05, 0) is 36.4 Å². The van der Waals surface area contributed by atoms with Crippen LogP contribution >= 0.6 is 15.9 Å². The van der Waals surface area contributed by atoms with Crippen LogP contribution in [0, 0.1) is 5.82 Å². The number of primary amides is 1. The Bertz CT molecular complexity index is 734. The van der Waals surface area contributed by atoms with Crippen molar-refractivity contribution in [3.05, 3.63) is 57.8 Å². The van der Waals surface area contributed by atoms with Crippen LogP contribution in [-0.4, -0.2) is 17.0 Å². The first-order valence-electron chi connectivity index (χ1n) is 5.77. The number of nitrogens with one attached hydrogen (secondary N) is 1. The molecule has 108 valence electrons. The number of nitrogens with two attached hydrogens (primary N) is 1. The normalized spacial score (nSPS) is 10.2. The van der Waals surface area contributed by atoms with Crippen LogP contribution in [0.4, 0.5) is 15.8 Å². The molecule has 5 nitrogen and oxygen atoms in total. The van der Waals surface area contributed by atoms with E-state index in [1.165, 1.54) is 18.2 Å². The van der Waals surface area contributed by atoms with Crippen LogP contribution in [0.3, 0.4) is 0 Å². The number of hydrogen-bond acceptors (Lipinski definition) is 3. The van der Waals surface area contributed by atoms with E-state index in [-0.39, 0.29) is 16.8 Å². The van der Waals surface area contributed by atoms with Crippen molar-refractivity contribution in [3.63, 3.8) is 0 Å². The molecule has 0 aliphatic heterocycles. The molecule has 2 aromatic carbocycles. The van der Waals surface area contributed by atoms with Crippen LogP contribution in [0.5, 0.6) is 0 Å². The summed E-state index contributed by atoms with van der Waals surface area (Å²) in [5.74, 6) is -2.63. The predicted molar refractivity (Wildman–Crippen MR) is 79.3 cm³/mol. The molecule has 0 heterocycles. The molecule has 0 spiro atoms. The number of carboxylic acids is 1. The minimum atomic E-state index is -1.22. The molecule has 21 heavy (non-hydrogen) atoms. The summed E-state index contributed by atoms with van der Waals surface area (Å²) in [6, 6.07) is 8.18. The monoisotopic (exact) mass is 352 g/mol. The first-order chi connectivity index (χ1) is 9.88. The van der Waals surface area contributed by atoms with E-state index in [4.69, 9.17) is 10.8 Å².